The molecule has 1 atom stereocenters. The van der Waals surface area contributed by atoms with E-state index in [9.17, 15) is 0 Å². The van der Waals surface area contributed by atoms with E-state index in [1.807, 2.05) is 6.07 Å². The fraction of sp³-hybridized carbons (Fsp3) is 0.607. The number of nitrogens with one attached hydrogen (secondary N) is 2. The third-order valence-corrected chi connectivity index (χ3v) is 8.67. The first-order valence-electron chi connectivity index (χ1n) is 13.8. The molecule has 1 aliphatic carbocycles. The van der Waals surface area contributed by atoms with Crippen LogP contribution in [-0.4, -0.2) is 60.5 Å². The van der Waals surface area contributed by atoms with E-state index in [1.54, 1.807) is 0 Å². The molecule has 7 nitrogen and oxygen atoms in total. The average Bonchev–Trinajstić information content (AvgIpc) is 2.93. The molecule has 3 heterocycles. The minimum atomic E-state index is 0.0276. The van der Waals surface area contributed by atoms with Gasteiger partial charge >= 0.3 is 0 Å². The fourth-order valence-corrected chi connectivity index (χ4v) is 6.38. The second kappa shape index (κ2) is 12.1. The van der Waals surface area contributed by atoms with Crippen LogP contribution < -0.4 is 20.4 Å². The maximum atomic E-state index is 6.37. The minimum Gasteiger partial charge on any atom is -0.378 e. The van der Waals surface area contributed by atoms with E-state index >= 15 is 0 Å². The largest absolute Gasteiger partial charge is 0.378 e. The summed E-state index contributed by atoms with van der Waals surface area (Å²) in [6.45, 7) is 7.16. The number of rotatable bonds is 6. The van der Waals surface area contributed by atoms with Crippen LogP contribution in [0.4, 0.5) is 17.6 Å². The quantitative estimate of drug-likeness (QED) is 0.462. The molecule has 1 saturated carbocycles. The van der Waals surface area contributed by atoms with Gasteiger partial charge in [0.15, 0.2) is 5.11 Å². The zero-order valence-electron chi connectivity index (χ0n) is 21.8. The van der Waals surface area contributed by atoms with Crippen molar-refractivity contribution in [3.8, 4) is 0 Å². The minimum absolute atomic E-state index is 0.0276. The second-order valence-electron chi connectivity index (χ2n) is 10.7. The number of piperidine rings is 1. The van der Waals surface area contributed by atoms with Crippen LogP contribution in [0.2, 0.25) is 5.02 Å². The van der Waals surface area contributed by atoms with E-state index in [0.717, 1.165) is 55.7 Å². The van der Waals surface area contributed by atoms with Gasteiger partial charge in [0, 0.05) is 48.7 Å². The van der Waals surface area contributed by atoms with Gasteiger partial charge in [0.1, 0.15) is 11.6 Å². The Bertz CT molecular complexity index is 1070. The molecule has 2 aliphatic heterocycles. The van der Waals surface area contributed by atoms with Gasteiger partial charge in [-0.15, -0.1) is 0 Å². The number of ether oxygens (including phenoxy) is 1. The molecule has 9 heteroatoms. The maximum absolute atomic E-state index is 6.37. The summed E-state index contributed by atoms with van der Waals surface area (Å²) in [7, 11) is 0. The van der Waals surface area contributed by atoms with Crippen LogP contribution in [-0.2, 0) is 10.2 Å². The number of hydrogen-bond donors (Lipinski definition) is 2. The first kappa shape index (κ1) is 26.4. The normalized spacial score (nSPS) is 21.9. The first-order chi connectivity index (χ1) is 18.0. The van der Waals surface area contributed by atoms with Gasteiger partial charge in [0.05, 0.1) is 13.2 Å². The Morgan fingerprint density at radius 2 is 1.84 bits per heavy atom. The molecule has 37 heavy (non-hydrogen) atoms. The Balaban J connectivity index is 1.33. The lowest BCUT2D eigenvalue weighted by molar-refractivity contribution is 0.122. The topological polar surface area (TPSA) is 65.6 Å². The molecule has 5 rings (SSSR count). The molecular formula is C28H39ClN6OS. The molecule has 2 saturated heterocycles. The zero-order valence-corrected chi connectivity index (χ0v) is 23.4. The van der Waals surface area contributed by atoms with E-state index in [1.165, 1.54) is 44.1 Å². The van der Waals surface area contributed by atoms with Crippen LogP contribution in [0.25, 0.3) is 0 Å². The summed E-state index contributed by atoms with van der Waals surface area (Å²) < 4.78 is 5.57. The van der Waals surface area contributed by atoms with Gasteiger partial charge in [-0.2, -0.15) is 9.97 Å². The van der Waals surface area contributed by atoms with Crippen LogP contribution in [0.1, 0.15) is 63.9 Å². The molecule has 0 amide bonds. The van der Waals surface area contributed by atoms with Gasteiger partial charge in [-0.25, -0.2) is 0 Å². The molecule has 0 bridgehead atoms. The van der Waals surface area contributed by atoms with Crippen molar-refractivity contribution in [1.29, 1.82) is 0 Å². The number of morpholine rings is 1. The molecule has 0 radical (unpaired) electrons. The van der Waals surface area contributed by atoms with Gasteiger partial charge in [0.2, 0.25) is 5.95 Å². The average molecular weight is 543 g/mol. The van der Waals surface area contributed by atoms with Crippen LogP contribution in [0.5, 0.6) is 0 Å². The van der Waals surface area contributed by atoms with E-state index < -0.39 is 0 Å². The highest BCUT2D eigenvalue weighted by Crippen LogP contribution is 2.39. The summed E-state index contributed by atoms with van der Waals surface area (Å²) in [5.41, 5.74) is 1.32. The molecule has 1 aromatic heterocycles. The summed E-state index contributed by atoms with van der Waals surface area (Å²) >= 11 is 12.2. The lowest BCUT2D eigenvalue weighted by atomic mass is 9.69. The number of aromatic nitrogens is 2. The first-order valence-corrected chi connectivity index (χ1v) is 14.6. The number of benzene rings is 1. The third kappa shape index (κ3) is 6.47. The van der Waals surface area contributed by atoms with Gasteiger partial charge in [-0.3, -0.25) is 0 Å². The number of anilines is 3. The monoisotopic (exact) mass is 542 g/mol. The molecule has 3 aliphatic rings. The van der Waals surface area contributed by atoms with E-state index in [-0.39, 0.29) is 5.41 Å². The maximum Gasteiger partial charge on any atom is 0.232 e. The van der Waals surface area contributed by atoms with Crippen molar-refractivity contribution in [3.63, 3.8) is 0 Å². The van der Waals surface area contributed by atoms with Crippen molar-refractivity contribution >= 4 is 46.5 Å². The smallest absolute Gasteiger partial charge is 0.232 e. The molecule has 0 spiro atoms. The highest BCUT2D eigenvalue weighted by Gasteiger charge is 2.34. The van der Waals surface area contributed by atoms with Crippen molar-refractivity contribution in [3.05, 3.63) is 40.9 Å². The predicted molar refractivity (Wildman–Crippen MR) is 156 cm³/mol. The van der Waals surface area contributed by atoms with Gasteiger partial charge < -0.3 is 25.2 Å². The summed E-state index contributed by atoms with van der Waals surface area (Å²) in [5.74, 6) is 2.45. The molecular weight excluding hydrogens is 504 g/mol. The van der Waals surface area contributed by atoms with Crippen LogP contribution in [0.3, 0.4) is 0 Å². The molecule has 1 aromatic carbocycles. The zero-order chi connectivity index (χ0) is 25.7. The molecule has 0 unspecified atom stereocenters. The molecule has 200 valence electrons. The fourth-order valence-electron chi connectivity index (χ4n) is 6.03. The second-order valence-corrected chi connectivity index (χ2v) is 11.5. The standard InChI is InChI=1S/C28H39ClN6OS/c1-21-8-3-6-13-35(21)25-19-24(34-14-16-36-17-15-34)31-26(32-25)33-27(37)30-20-28(11-4-2-5-12-28)22-9-7-10-23(29)18-22/h7,9-10,18-19,21H,2-6,8,11-17,20H2,1H3,(H2,30,31,32,33,37)/t21-/m1/s1. The lowest BCUT2D eigenvalue weighted by Gasteiger charge is -2.38. The third-order valence-electron chi connectivity index (χ3n) is 8.19. The Morgan fingerprint density at radius 3 is 2.59 bits per heavy atom. The molecule has 2 aromatic rings. The van der Waals surface area contributed by atoms with Crippen LogP contribution in [0, 0.1) is 0 Å². The van der Waals surface area contributed by atoms with E-state index in [4.69, 9.17) is 38.5 Å². The van der Waals surface area contributed by atoms with Crippen LogP contribution >= 0.6 is 23.8 Å². The van der Waals surface area contributed by atoms with Crippen LogP contribution in [0.15, 0.2) is 30.3 Å². The van der Waals surface area contributed by atoms with Crippen molar-refractivity contribution in [2.75, 3.05) is 54.5 Å². The highest BCUT2D eigenvalue weighted by molar-refractivity contribution is 7.80. The molecule has 3 fully saturated rings. The Labute approximate surface area is 231 Å². The Kier molecular flexibility index (Phi) is 8.67. The lowest BCUT2D eigenvalue weighted by Crippen LogP contribution is -2.44. The SMILES string of the molecule is C[C@@H]1CCCCN1c1cc(N2CCOCC2)nc(NC(=S)NCC2(c3cccc(Cl)c3)CCCCC2)n1. The summed E-state index contributed by atoms with van der Waals surface area (Å²) in [5, 5.41) is 8.19. The van der Waals surface area contributed by atoms with Crippen molar-refractivity contribution < 1.29 is 4.74 Å². The Hall–Kier alpha value is -2.16. The molecule has 2 N–H and O–H groups in total. The predicted octanol–water partition coefficient (Wildman–Crippen LogP) is 5.53. The highest BCUT2D eigenvalue weighted by atomic mass is 35.5. The summed E-state index contributed by atoms with van der Waals surface area (Å²) in [4.78, 5) is 14.5. The van der Waals surface area contributed by atoms with Crippen molar-refractivity contribution in [1.82, 2.24) is 15.3 Å². The number of halogens is 1. The van der Waals surface area contributed by atoms with Gasteiger partial charge in [-0.05, 0) is 68.9 Å². The number of nitrogens with zero attached hydrogens (tertiary/aromatic N) is 4. The van der Waals surface area contributed by atoms with Crippen molar-refractivity contribution in [2.45, 2.75) is 69.7 Å². The van der Waals surface area contributed by atoms with E-state index in [2.05, 4.69) is 51.6 Å². The number of hydrogen-bond acceptors (Lipinski definition) is 6. The van der Waals surface area contributed by atoms with Gasteiger partial charge in [-0.1, -0.05) is 43.0 Å². The summed E-state index contributed by atoms with van der Waals surface area (Å²) in [6.07, 6.45) is 9.62. The Morgan fingerprint density at radius 1 is 1.05 bits per heavy atom. The van der Waals surface area contributed by atoms with Gasteiger partial charge in [0.25, 0.3) is 0 Å². The number of thiocarbonyl (C=S) groups is 1. The van der Waals surface area contributed by atoms with E-state index in [0.29, 0.717) is 30.3 Å². The summed E-state index contributed by atoms with van der Waals surface area (Å²) in [6, 6.07) is 10.9. The van der Waals surface area contributed by atoms with Crippen molar-refractivity contribution in [2.24, 2.45) is 0 Å².